The van der Waals surface area contributed by atoms with Gasteiger partial charge in [-0.1, -0.05) is 43.6 Å². The minimum atomic E-state index is -0.839. The summed E-state index contributed by atoms with van der Waals surface area (Å²) in [5.41, 5.74) is 4.46. The fourth-order valence-corrected chi connectivity index (χ4v) is 3.17. The van der Waals surface area contributed by atoms with Crippen LogP contribution in [0.5, 0.6) is 0 Å². The maximum atomic E-state index is 12.7. The number of carbonyl (C=O) groups is 3. The van der Waals surface area contributed by atoms with Gasteiger partial charge in [-0.2, -0.15) is 0 Å². The molecule has 1 aromatic rings. The van der Waals surface area contributed by atoms with Crippen molar-refractivity contribution in [1.29, 1.82) is 0 Å². The average molecular weight is 426 g/mol. The molecule has 4 N–H and O–H groups in total. The molecule has 8 heteroatoms. The summed E-state index contributed by atoms with van der Waals surface area (Å²) in [6.07, 6.45) is 0.914. The van der Waals surface area contributed by atoms with Gasteiger partial charge in [0.1, 0.15) is 5.60 Å². The Balaban J connectivity index is 2.89. The molecular weight excluding hydrogens is 394 g/mol. The van der Waals surface area contributed by atoms with Gasteiger partial charge in [0, 0.05) is 11.6 Å². The molecule has 3 amide bonds. The summed E-state index contributed by atoms with van der Waals surface area (Å²) in [7, 11) is 0. The molecule has 0 radical (unpaired) electrons. The number of benzene rings is 1. The number of ether oxygens (including phenoxy) is 1. The van der Waals surface area contributed by atoms with E-state index in [0.717, 1.165) is 0 Å². The van der Waals surface area contributed by atoms with Crippen LogP contribution in [0.1, 0.15) is 65.5 Å². The number of carbonyl (C=O) groups excluding carboxylic acids is 3. The Hall–Kier alpha value is -2.28. The zero-order valence-corrected chi connectivity index (χ0v) is 18.6. The molecule has 0 aliphatic rings. The van der Waals surface area contributed by atoms with E-state index in [-0.39, 0.29) is 18.9 Å². The van der Waals surface area contributed by atoms with Gasteiger partial charge in [0.25, 0.3) is 0 Å². The molecule has 0 unspecified atom stereocenters. The molecule has 0 fully saturated rings. The van der Waals surface area contributed by atoms with Crippen LogP contribution in [0.2, 0.25) is 5.02 Å². The molecule has 0 saturated heterocycles. The van der Waals surface area contributed by atoms with Crippen molar-refractivity contribution in [3.63, 3.8) is 0 Å². The first-order valence-electron chi connectivity index (χ1n) is 9.74. The summed E-state index contributed by atoms with van der Waals surface area (Å²) in [4.78, 5) is 36.7. The number of rotatable bonds is 9. The van der Waals surface area contributed by atoms with Crippen LogP contribution in [0.25, 0.3) is 0 Å². The van der Waals surface area contributed by atoms with Crippen LogP contribution in [-0.4, -0.2) is 30.1 Å². The van der Waals surface area contributed by atoms with E-state index in [2.05, 4.69) is 10.6 Å². The zero-order valence-electron chi connectivity index (χ0n) is 17.8. The fraction of sp³-hybridized carbons (Fsp3) is 0.571. The minimum Gasteiger partial charge on any atom is -0.459 e. The van der Waals surface area contributed by atoms with E-state index < -0.39 is 29.0 Å². The largest absolute Gasteiger partial charge is 0.459 e. The Bertz CT molecular complexity index is 727. The lowest BCUT2D eigenvalue weighted by Gasteiger charge is -2.33. The van der Waals surface area contributed by atoms with Gasteiger partial charge in [-0.3, -0.25) is 9.59 Å². The minimum absolute atomic E-state index is 0.101. The standard InChI is InChI=1S/C21H32ClN3O4/c1-6-21(7-2,18(27)29-20(3,4)5)13-24-19(28)25-16(12-17(23)26)14-10-8-9-11-15(14)22/h8-11,16H,6-7,12-13H2,1-5H3,(H2,23,26)(H2,24,25,28)/t16-/m0/s1. The maximum Gasteiger partial charge on any atom is 0.315 e. The number of esters is 1. The Labute approximate surface area is 177 Å². The lowest BCUT2D eigenvalue weighted by molar-refractivity contribution is -0.167. The summed E-state index contributed by atoms with van der Waals surface area (Å²) < 4.78 is 5.55. The first-order valence-corrected chi connectivity index (χ1v) is 10.1. The van der Waals surface area contributed by atoms with Gasteiger partial charge in [-0.05, 0) is 45.2 Å². The number of nitrogens with two attached hydrogens (primary N) is 1. The second-order valence-corrected chi connectivity index (χ2v) is 8.47. The molecule has 0 bridgehead atoms. The summed E-state index contributed by atoms with van der Waals surface area (Å²) in [6, 6.07) is 5.71. The van der Waals surface area contributed by atoms with Crippen molar-refractivity contribution in [2.24, 2.45) is 11.1 Å². The molecule has 7 nitrogen and oxygen atoms in total. The van der Waals surface area contributed by atoms with Crippen molar-refractivity contribution >= 4 is 29.5 Å². The van der Waals surface area contributed by atoms with E-state index in [1.807, 2.05) is 13.8 Å². The number of urea groups is 1. The van der Waals surface area contributed by atoms with Gasteiger partial charge in [0.15, 0.2) is 0 Å². The van der Waals surface area contributed by atoms with Gasteiger partial charge in [0.05, 0.1) is 17.9 Å². The van der Waals surface area contributed by atoms with Gasteiger partial charge >= 0.3 is 12.0 Å². The van der Waals surface area contributed by atoms with Crippen molar-refractivity contribution in [3.05, 3.63) is 34.9 Å². The fourth-order valence-electron chi connectivity index (χ4n) is 2.90. The van der Waals surface area contributed by atoms with Crippen LogP contribution in [-0.2, 0) is 14.3 Å². The van der Waals surface area contributed by atoms with E-state index in [1.165, 1.54) is 0 Å². The smallest absolute Gasteiger partial charge is 0.315 e. The summed E-state index contributed by atoms with van der Waals surface area (Å²) in [5, 5.41) is 5.89. The number of nitrogens with one attached hydrogen (secondary N) is 2. The maximum absolute atomic E-state index is 12.7. The zero-order chi connectivity index (χ0) is 22.2. The van der Waals surface area contributed by atoms with Gasteiger partial charge < -0.3 is 21.1 Å². The lowest BCUT2D eigenvalue weighted by atomic mass is 9.82. The summed E-state index contributed by atoms with van der Waals surface area (Å²) >= 11 is 6.20. The monoisotopic (exact) mass is 425 g/mol. The molecule has 1 rings (SSSR count). The van der Waals surface area contributed by atoms with Crippen LogP contribution >= 0.6 is 11.6 Å². The number of hydrogen-bond acceptors (Lipinski definition) is 4. The first-order chi connectivity index (χ1) is 13.4. The highest BCUT2D eigenvalue weighted by Gasteiger charge is 2.39. The van der Waals surface area contributed by atoms with Gasteiger partial charge in [-0.25, -0.2) is 4.79 Å². The molecule has 0 aliphatic carbocycles. The second-order valence-electron chi connectivity index (χ2n) is 8.06. The number of hydrogen-bond donors (Lipinski definition) is 3. The third-order valence-corrected chi connectivity index (χ3v) is 5.11. The molecule has 0 spiro atoms. The molecule has 0 aliphatic heterocycles. The molecule has 0 aromatic heterocycles. The van der Waals surface area contributed by atoms with Crippen LogP contribution in [0.3, 0.4) is 0 Å². The van der Waals surface area contributed by atoms with Crippen molar-refractivity contribution < 1.29 is 19.1 Å². The molecule has 0 heterocycles. The Morgan fingerprint density at radius 3 is 2.21 bits per heavy atom. The second kappa shape index (κ2) is 10.5. The molecule has 162 valence electrons. The van der Waals surface area contributed by atoms with Crippen molar-refractivity contribution in [3.8, 4) is 0 Å². The Morgan fingerprint density at radius 2 is 1.72 bits per heavy atom. The third kappa shape index (κ3) is 7.57. The SMILES string of the molecule is CCC(CC)(CNC(=O)N[C@@H](CC(N)=O)c1ccccc1Cl)C(=O)OC(C)(C)C. The van der Waals surface area contributed by atoms with Gasteiger partial charge in [-0.15, -0.1) is 0 Å². The average Bonchev–Trinajstić information content (AvgIpc) is 2.61. The van der Waals surface area contributed by atoms with Crippen molar-refractivity contribution in [2.45, 2.75) is 65.5 Å². The number of amides is 3. The molecule has 1 aromatic carbocycles. The van der Waals surface area contributed by atoms with E-state index >= 15 is 0 Å². The summed E-state index contributed by atoms with van der Waals surface area (Å²) in [5.74, 6) is -0.921. The van der Waals surface area contributed by atoms with E-state index in [1.54, 1.807) is 45.0 Å². The van der Waals surface area contributed by atoms with Gasteiger partial charge in [0.2, 0.25) is 5.91 Å². The Kier molecular flexibility index (Phi) is 8.95. The first kappa shape index (κ1) is 24.8. The number of primary amides is 1. The number of halogens is 1. The molecule has 29 heavy (non-hydrogen) atoms. The highest BCUT2D eigenvalue weighted by atomic mass is 35.5. The summed E-state index contributed by atoms with van der Waals surface area (Å²) in [6.45, 7) is 9.28. The van der Waals surface area contributed by atoms with Crippen LogP contribution < -0.4 is 16.4 Å². The predicted octanol–water partition coefficient (Wildman–Crippen LogP) is 3.70. The Morgan fingerprint density at radius 1 is 1.14 bits per heavy atom. The van der Waals surface area contributed by atoms with Crippen LogP contribution in [0.4, 0.5) is 4.79 Å². The molecule has 0 saturated carbocycles. The highest BCUT2D eigenvalue weighted by Crippen LogP contribution is 2.30. The lowest BCUT2D eigenvalue weighted by Crippen LogP contribution is -2.48. The van der Waals surface area contributed by atoms with E-state index in [4.69, 9.17) is 22.1 Å². The van der Waals surface area contributed by atoms with Crippen LogP contribution in [0.15, 0.2) is 24.3 Å². The molecule has 1 atom stereocenters. The van der Waals surface area contributed by atoms with Crippen molar-refractivity contribution in [1.82, 2.24) is 10.6 Å². The van der Waals surface area contributed by atoms with E-state index in [9.17, 15) is 14.4 Å². The topological polar surface area (TPSA) is 111 Å². The highest BCUT2D eigenvalue weighted by molar-refractivity contribution is 6.31. The van der Waals surface area contributed by atoms with Crippen molar-refractivity contribution in [2.75, 3.05) is 6.54 Å². The molecular formula is C21H32ClN3O4. The quantitative estimate of drug-likeness (QED) is 0.523. The predicted molar refractivity (Wildman–Crippen MR) is 113 cm³/mol. The van der Waals surface area contributed by atoms with E-state index in [0.29, 0.717) is 23.4 Å². The van der Waals surface area contributed by atoms with Crippen LogP contribution in [0, 0.1) is 5.41 Å². The normalized spacial score (nSPS) is 12.8. The third-order valence-electron chi connectivity index (χ3n) is 4.76.